The number of carbonyl (C=O) groups is 1. The third-order valence-electron chi connectivity index (χ3n) is 2.41. The highest BCUT2D eigenvalue weighted by molar-refractivity contribution is 9.09. The van der Waals surface area contributed by atoms with Gasteiger partial charge in [0.05, 0.1) is 0 Å². The van der Waals surface area contributed by atoms with Crippen molar-refractivity contribution in [2.24, 2.45) is 5.41 Å². The van der Waals surface area contributed by atoms with Crippen molar-refractivity contribution in [1.29, 1.82) is 0 Å². The van der Waals surface area contributed by atoms with Crippen LogP contribution in [0.1, 0.15) is 46.5 Å². The van der Waals surface area contributed by atoms with E-state index in [1.807, 2.05) is 0 Å². The normalized spacial score (nSPS) is 11.7. The molecule has 2 heteroatoms. The van der Waals surface area contributed by atoms with Crippen LogP contribution in [0.2, 0.25) is 0 Å². The maximum Gasteiger partial charge on any atom is 0.133 e. The summed E-state index contributed by atoms with van der Waals surface area (Å²) in [5.41, 5.74) is 0.335. The van der Waals surface area contributed by atoms with Crippen molar-refractivity contribution in [2.75, 3.05) is 5.33 Å². The Kier molecular flexibility index (Phi) is 5.81. The van der Waals surface area contributed by atoms with Crippen LogP contribution >= 0.6 is 15.9 Å². The lowest BCUT2D eigenvalue weighted by atomic mass is 9.84. The fourth-order valence-corrected chi connectivity index (χ4v) is 1.33. The van der Waals surface area contributed by atoms with E-state index in [9.17, 15) is 4.79 Å². The number of hydrogen-bond donors (Lipinski definition) is 0. The molecule has 0 bridgehead atoms. The molecule has 12 heavy (non-hydrogen) atoms. The van der Waals surface area contributed by atoms with Gasteiger partial charge in [-0.25, -0.2) is 0 Å². The molecule has 0 spiro atoms. The fraction of sp³-hybridized carbons (Fsp3) is 0.900. The second kappa shape index (κ2) is 5.74. The van der Waals surface area contributed by atoms with Gasteiger partial charge in [-0.15, -0.1) is 0 Å². The Morgan fingerprint density at radius 3 is 2.33 bits per heavy atom. The van der Waals surface area contributed by atoms with Gasteiger partial charge in [0.2, 0.25) is 0 Å². The highest BCUT2D eigenvalue weighted by atomic mass is 79.9. The van der Waals surface area contributed by atoms with Crippen LogP contribution in [0.25, 0.3) is 0 Å². The van der Waals surface area contributed by atoms with Crippen molar-refractivity contribution in [3.63, 3.8) is 0 Å². The predicted molar refractivity (Wildman–Crippen MR) is 56.7 cm³/mol. The minimum atomic E-state index is 0.335. The molecule has 0 amide bonds. The van der Waals surface area contributed by atoms with Crippen LogP contribution in [0.4, 0.5) is 0 Å². The van der Waals surface area contributed by atoms with E-state index in [0.29, 0.717) is 17.6 Å². The lowest BCUT2D eigenvalue weighted by Gasteiger charge is -2.21. The molecule has 1 nitrogen and oxygen atoms in total. The van der Waals surface area contributed by atoms with Crippen molar-refractivity contribution in [1.82, 2.24) is 0 Å². The molecule has 0 fully saturated rings. The summed E-state index contributed by atoms with van der Waals surface area (Å²) >= 11 is 3.27. The average molecular weight is 235 g/mol. The molecule has 0 aliphatic carbocycles. The number of halogens is 1. The molecule has 0 aromatic heterocycles. The van der Waals surface area contributed by atoms with Crippen molar-refractivity contribution >= 4 is 21.7 Å². The maximum absolute atomic E-state index is 11.2. The van der Waals surface area contributed by atoms with Gasteiger partial charge in [0, 0.05) is 18.2 Å². The summed E-state index contributed by atoms with van der Waals surface area (Å²) < 4.78 is 0. The molecule has 0 aliphatic rings. The third-order valence-corrected chi connectivity index (χ3v) is 2.81. The molecule has 0 aromatic rings. The first-order chi connectivity index (χ1) is 5.52. The number of alkyl halides is 1. The summed E-state index contributed by atoms with van der Waals surface area (Å²) in [4.78, 5) is 11.2. The van der Waals surface area contributed by atoms with Crippen molar-refractivity contribution in [3.05, 3.63) is 0 Å². The lowest BCUT2D eigenvalue weighted by Crippen LogP contribution is -2.12. The average Bonchev–Trinajstić information content (AvgIpc) is 2.02. The van der Waals surface area contributed by atoms with Crippen LogP contribution in [-0.2, 0) is 4.79 Å². The molecule has 0 unspecified atom stereocenters. The summed E-state index contributed by atoms with van der Waals surface area (Å²) in [5, 5.41) is 0.804. The Bertz CT molecular complexity index is 141. The van der Waals surface area contributed by atoms with E-state index in [1.165, 1.54) is 0 Å². The summed E-state index contributed by atoms with van der Waals surface area (Å²) in [5.74, 6) is 0.383. The Morgan fingerprint density at radius 1 is 1.33 bits per heavy atom. The molecule has 0 aromatic carbocycles. The number of hydrogen-bond acceptors (Lipinski definition) is 1. The molecule has 72 valence electrons. The predicted octanol–water partition coefficient (Wildman–Crippen LogP) is 3.56. The zero-order valence-electron chi connectivity index (χ0n) is 8.32. The second-order valence-electron chi connectivity index (χ2n) is 4.00. The molecule has 0 heterocycles. The lowest BCUT2D eigenvalue weighted by molar-refractivity contribution is -0.119. The minimum Gasteiger partial charge on any atom is -0.300 e. The molecule has 0 atom stereocenters. The largest absolute Gasteiger partial charge is 0.300 e. The highest BCUT2D eigenvalue weighted by Gasteiger charge is 2.16. The zero-order valence-corrected chi connectivity index (χ0v) is 9.91. The van der Waals surface area contributed by atoms with E-state index in [4.69, 9.17) is 0 Å². The van der Waals surface area contributed by atoms with E-state index in [-0.39, 0.29) is 0 Å². The standard InChI is InChI=1S/C10H19BrO/c1-4-10(2,3)7-5-9(12)6-8-11/h4-8H2,1-3H3. The van der Waals surface area contributed by atoms with Gasteiger partial charge < -0.3 is 0 Å². The first-order valence-electron chi connectivity index (χ1n) is 4.59. The minimum absolute atomic E-state index is 0.335. The summed E-state index contributed by atoms with van der Waals surface area (Å²) in [6, 6.07) is 0. The molecular weight excluding hydrogens is 216 g/mol. The quantitative estimate of drug-likeness (QED) is 0.643. The van der Waals surface area contributed by atoms with E-state index in [1.54, 1.807) is 0 Å². The van der Waals surface area contributed by atoms with Gasteiger partial charge in [-0.2, -0.15) is 0 Å². The Balaban J connectivity index is 3.60. The third kappa shape index (κ3) is 5.76. The van der Waals surface area contributed by atoms with Gasteiger partial charge >= 0.3 is 0 Å². The van der Waals surface area contributed by atoms with Crippen LogP contribution in [0, 0.1) is 5.41 Å². The Morgan fingerprint density at radius 2 is 1.92 bits per heavy atom. The van der Waals surface area contributed by atoms with Gasteiger partial charge in [0.25, 0.3) is 0 Å². The summed E-state index contributed by atoms with van der Waals surface area (Å²) in [6.45, 7) is 6.61. The van der Waals surface area contributed by atoms with Crippen LogP contribution in [0.15, 0.2) is 0 Å². The van der Waals surface area contributed by atoms with Gasteiger partial charge in [0.15, 0.2) is 0 Å². The first-order valence-corrected chi connectivity index (χ1v) is 5.71. The highest BCUT2D eigenvalue weighted by Crippen LogP contribution is 2.26. The number of rotatable bonds is 6. The van der Waals surface area contributed by atoms with Crippen molar-refractivity contribution in [2.45, 2.75) is 46.5 Å². The van der Waals surface area contributed by atoms with Crippen LogP contribution in [0.3, 0.4) is 0 Å². The molecule has 0 rings (SSSR count). The molecule has 0 saturated carbocycles. The Labute approximate surface area is 84.1 Å². The monoisotopic (exact) mass is 234 g/mol. The number of ketones is 1. The molecule has 0 N–H and O–H groups in total. The van der Waals surface area contributed by atoms with Crippen LogP contribution in [-0.4, -0.2) is 11.1 Å². The smallest absolute Gasteiger partial charge is 0.133 e. The zero-order chi connectivity index (χ0) is 9.61. The van der Waals surface area contributed by atoms with Gasteiger partial charge in [-0.3, -0.25) is 4.79 Å². The van der Waals surface area contributed by atoms with E-state index in [0.717, 1.165) is 24.6 Å². The second-order valence-corrected chi connectivity index (χ2v) is 4.79. The van der Waals surface area contributed by atoms with Gasteiger partial charge in [0.1, 0.15) is 5.78 Å². The molecule has 0 aliphatic heterocycles. The van der Waals surface area contributed by atoms with Crippen molar-refractivity contribution < 1.29 is 4.79 Å². The van der Waals surface area contributed by atoms with Gasteiger partial charge in [-0.1, -0.05) is 43.1 Å². The van der Waals surface area contributed by atoms with E-state index < -0.39 is 0 Å². The number of carbonyl (C=O) groups excluding carboxylic acids is 1. The molecule has 0 radical (unpaired) electrons. The van der Waals surface area contributed by atoms with Crippen molar-refractivity contribution in [3.8, 4) is 0 Å². The van der Waals surface area contributed by atoms with E-state index >= 15 is 0 Å². The molecular formula is C10H19BrO. The van der Waals surface area contributed by atoms with E-state index in [2.05, 4.69) is 36.7 Å². The molecule has 0 saturated heterocycles. The van der Waals surface area contributed by atoms with Crippen LogP contribution < -0.4 is 0 Å². The first kappa shape index (κ1) is 12.2. The van der Waals surface area contributed by atoms with Gasteiger partial charge in [-0.05, 0) is 11.8 Å². The van der Waals surface area contributed by atoms with Crippen LogP contribution in [0.5, 0.6) is 0 Å². The maximum atomic E-state index is 11.2. The topological polar surface area (TPSA) is 17.1 Å². The fourth-order valence-electron chi connectivity index (χ4n) is 0.885. The SMILES string of the molecule is CCC(C)(C)CCC(=O)CCBr. The summed E-state index contributed by atoms with van der Waals surface area (Å²) in [6.07, 6.45) is 3.59. The summed E-state index contributed by atoms with van der Waals surface area (Å²) in [7, 11) is 0. The number of Topliss-reactive ketones (excluding diaryl/α,β-unsaturated/α-hetero) is 1. The Hall–Kier alpha value is 0.150.